The Morgan fingerprint density at radius 3 is 2.60 bits per heavy atom. The fraction of sp³-hybridized carbons (Fsp3) is 0.379. The number of fused-ring (bicyclic) bond motifs is 2. The van der Waals surface area contributed by atoms with Crippen LogP contribution in [-0.2, 0) is 17.8 Å². The van der Waals surface area contributed by atoms with E-state index in [1.807, 2.05) is 45.0 Å². The predicted molar refractivity (Wildman–Crippen MR) is 139 cm³/mol. The minimum absolute atomic E-state index is 0.134. The van der Waals surface area contributed by atoms with Gasteiger partial charge in [-0.05, 0) is 81.6 Å². The molecule has 0 saturated carbocycles. The molecule has 6 heteroatoms. The molecule has 2 aromatic carbocycles. The van der Waals surface area contributed by atoms with E-state index >= 15 is 0 Å². The van der Waals surface area contributed by atoms with Crippen molar-refractivity contribution >= 4 is 29.0 Å². The number of likely N-dealkylation sites (tertiary alicyclic amines) is 1. The quantitative estimate of drug-likeness (QED) is 0.510. The first-order valence-corrected chi connectivity index (χ1v) is 12.4. The number of carbonyl (C=O) groups is 2. The van der Waals surface area contributed by atoms with Crippen molar-refractivity contribution in [1.29, 1.82) is 0 Å². The van der Waals surface area contributed by atoms with Gasteiger partial charge < -0.3 is 10.1 Å². The summed E-state index contributed by atoms with van der Waals surface area (Å²) < 4.78 is 7.41. The normalized spacial score (nSPS) is 16.3. The summed E-state index contributed by atoms with van der Waals surface area (Å²) in [6.07, 6.45) is 5.11. The molecule has 5 rings (SSSR count). The third-order valence-corrected chi connectivity index (χ3v) is 6.79. The summed E-state index contributed by atoms with van der Waals surface area (Å²) in [4.78, 5) is 28.8. The third-order valence-electron chi connectivity index (χ3n) is 6.79. The van der Waals surface area contributed by atoms with Crippen LogP contribution in [0, 0.1) is 0 Å². The highest BCUT2D eigenvalue weighted by molar-refractivity contribution is 6.07. The molecule has 0 spiro atoms. The first kappa shape index (κ1) is 23.4. The number of nitrogens with one attached hydrogen (secondary N) is 1. The van der Waals surface area contributed by atoms with Crippen molar-refractivity contribution in [3.8, 4) is 11.3 Å². The molecule has 3 aromatic rings. The van der Waals surface area contributed by atoms with Crippen LogP contribution in [0.25, 0.3) is 28.2 Å². The van der Waals surface area contributed by atoms with Crippen LogP contribution in [0.4, 0.5) is 4.79 Å². The van der Waals surface area contributed by atoms with Crippen LogP contribution < -0.4 is 5.32 Å². The molecule has 35 heavy (non-hydrogen) atoms. The van der Waals surface area contributed by atoms with Crippen LogP contribution in [0.2, 0.25) is 0 Å². The maximum absolute atomic E-state index is 13.5. The van der Waals surface area contributed by atoms with Gasteiger partial charge in [-0.1, -0.05) is 37.3 Å². The number of hydrogen-bond acceptors (Lipinski definition) is 4. The zero-order valence-electron chi connectivity index (χ0n) is 20.8. The number of rotatable bonds is 4. The minimum Gasteiger partial charge on any atom is -0.443 e. The third kappa shape index (κ3) is 4.50. The van der Waals surface area contributed by atoms with E-state index in [1.165, 1.54) is 24.8 Å². The fourth-order valence-corrected chi connectivity index (χ4v) is 5.22. The number of amides is 1. The van der Waals surface area contributed by atoms with Crippen LogP contribution in [0.3, 0.4) is 0 Å². The first-order chi connectivity index (χ1) is 16.7. The second-order valence-electron chi connectivity index (χ2n) is 10.5. The van der Waals surface area contributed by atoms with Crippen LogP contribution in [0.1, 0.15) is 67.1 Å². The Morgan fingerprint density at radius 1 is 1.11 bits per heavy atom. The van der Waals surface area contributed by atoms with Gasteiger partial charge >= 0.3 is 6.09 Å². The lowest BCUT2D eigenvalue weighted by Crippen LogP contribution is -2.29. The summed E-state index contributed by atoms with van der Waals surface area (Å²) in [7, 11) is 0. The molecular weight excluding hydrogens is 438 g/mol. The molecule has 1 fully saturated rings. The van der Waals surface area contributed by atoms with Gasteiger partial charge in [-0.2, -0.15) is 0 Å². The largest absolute Gasteiger partial charge is 0.443 e. The molecule has 1 N–H and O–H groups in total. The summed E-state index contributed by atoms with van der Waals surface area (Å²) in [5.41, 5.74) is 5.16. The van der Waals surface area contributed by atoms with E-state index in [9.17, 15) is 9.59 Å². The number of hydrogen-bond donors (Lipinski definition) is 1. The van der Waals surface area contributed by atoms with Gasteiger partial charge in [0.15, 0.2) is 0 Å². The average molecular weight is 472 g/mol. The number of piperidine rings is 1. The number of ether oxygens (including phenoxy) is 1. The lowest BCUT2D eigenvalue weighted by molar-refractivity contribution is 0.0547. The summed E-state index contributed by atoms with van der Waals surface area (Å²) in [5.74, 6) is -0.134. The summed E-state index contributed by atoms with van der Waals surface area (Å²) in [6, 6.07) is 12.1. The Balaban J connectivity index is 1.65. The summed E-state index contributed by atoms with van der Waals surface area (Å²) >= 11 is 0. The van der Waals surface area contributed by atoms with Gasteiger partial charge in [-0.15, -0.1) is 0 Å². The smallest absolute Gasteiger partial charge is 0.419 e. The van der Waals surface area contributed by atoms with E-state index in [0.717, 1.165) is 47.2 Å². The molecule has 1 saturated heterocycles. The number of benzene rings is 2. The van der Waals surface area contributed by atoms with E-state index in [0.29, 0.717) is 17.8 Å². The summed E-state index contributed by atoms with van der Waals surface area (Å²) in [6.45, 7) is 13.1. The molecule has 6 nitrogen and oxygen atoms in total. The monoisotopic (exact) mass is 471 g/mol. The van der Waals surface area contributed by atoms with E-state index < -0.39 is 11.7 Å². The highest BCUT2D eigenvalue weighted by atomic mass is 16.6. The fourth-order valence-electron chi connectivity index (χ4n) is 5.22. The molecule has 0 radical (unpaired) electrons. The van der Waals surface area contributed by atoms with Crippen molar-refractivity contribution in [1.82, 2.24) is 14.8 Å². The van der Waals surface area contributed by atoms with Gasteiger partial charge in [0.25, 0.3) is 5.91 Å². The first-order valence-electron chi connectivity index (χ1n) is 12.4. The predicted octanol–water partition coefficient (Wildman–Crippen LogP) is 5.96. The van der Waals surface area contributed by atoms with Crippen molar-refractivity contribution < 1.29 is 14.3 Å². The van der Waals surface area contributed by atoms with Gasteiger partial charge in [-0.3, -0.25) is 9.69 Å². The summed E-state index contributed by atoms with van der Waals surface area (Å²) in [5, 5.41) is 3.89. The van der Waals surface area contributed by atoms with E-state index in [-0.39, 0.29) is 5.91 Å². The Morgan fingerprint density at radius 2 is 1.89 bits per heavy atom. The standard InChI is InChI=1S/C29H33N3O3/c1-5-20-10-11-22(26-23(20)17-30-27(26)33)25-16-21-15-19(18-31-13-7-6-8-14-31)9-12-24(21)32(25)28(34)35-29(2,3)4/h5,9-12,15-16H,1,6-8,13-14,17-18H2,2-4H3,(H,30,33). The highest BCUT2D eigenvalue weighted by Crippen LogP contribution is 2.36. The van der Waals surface area contributed by atoms with E-state index in [2.05, 4.69) is 28.9 Å². The van der Waals surface area contributed by atoms with Crippen LogP contribution in [0.5, 0.6) is 0 Å². The maximum Gasteiger partial charge on any atom is 0.419 e. The van der Waals surface area contributed by atoms with E-state index in [4.69, 9.17) is 4.74 Å². The number of carbonyl (C=O) groups excluding carboxylic acids is 2. The van der Waals surface area contributed by atoms with Gasteiger partial charge in [-0.25, -0.2) is 9.36 Å². The van der Waals surface area contributed by atoms with Crippen LogP contribution in [-0.4, -0.2) is 40.2 Å². The molecule has 2 aliphatic heterocycles. The lowest BCUT2D eigenvalue weighted by Gasteiger charge is -2.26. The van der Waals surface area contributed by atoms with Crippen molar-refractivity contribution in [2.24, 2.45) is 0 Å². The van der Waals surface area contributed by atoms with Crippen molar-refractivity contribution in [3.63, 3.8) is 0 Å². The van der Waals surface area contributed by atoms with Gasteiger partial charge in [0.1, 0.15) is 5.60 Å². The van der Waals surface area contributed by atoms with E-state index in [1.54, 1.807) is 10.6 Å². The van der Waals surface area contributed by atoms with Crippen LogP contribution >= 0.6 is 0 Å². The number of nitrogens with zero attached hydrogens (tertiary/aromatic N) is 2. The van der Waals surface area contributed by atoms with Crippen molar-refractivity contribution in [2.75, 3.05) is 13.1 Å². The second-order valence-corrected chi connectivity index (χ2v) is 10.5. The molecule has 2 aliphatic rings. The zero-order chi connectivity index (χ0) is 24.7. The maximum atomic E-state index is 13.5. The molecule has 182 valence electrons. The minimum atomic E-state index is -0.648. The molecule has 3 heterocycles. The Bertz CT molecular complexity index is 1320. The van der Waals surface area contributed by atoms with Crippen molar-refractivity contribution in [2.45, 2.75) is 58.7 Å². The second kappa shape index (κ2) is 9.00. The molecular formula is C29H33N3O3. The molecule has 0 aliphatic carbocycles. The lowest BCUT2D eigenvalue weighted by atomic mass is 9.96. The molecule has 1 amide bonds. The van der Waals surface area contributed by atoms with Crippen LogP contribution in [0.15, 0.2) is 43.0 Å². The number of aromatic nitrogens is 1. The molecule has 0 bridgehead atoms. The topological polar surface area (TPSA) is 63.6 Å². The van der Waals surface area contributed by atoms with Gasteiger partial charge in [0.05, 0.1) is 16.8 Å². The SMILES string of the molecule is C=Cc1ccc(-c2cc3cc(CN4CCCCC4)ccc3n2C(=O)OC(C)(C)C)c2c1CNC2=O. The van der Waals surface area contributed by atoms with Gasteiger partial charge in [0.2, 0.25) is 0 Å². The average Bonchev–Trinajstić information content (AvgIpc) is 3.39. The Kier molecular flexibility index (Phi) is 6.01. The Labute approximate surface area is 206 Å². The molecule has 0 unspecified atom stereocenters. The van der Waals surface area contributed by atoms with Crippen molar-refractivity contribution in [3.05, 3.63) is 65.2 Å². The zero-order valence-corrected chi connectivity index (χ0v) is 20.8. The molecule has 0 atom stereocenters. The Hall–Kier alpha value is -3.38. The van der Waals surface area contributed by atoms with Gasteiger partial charge in [0, 0.05) is 24.0 Å². The molecule has 1 aromatic heterocycles. The highest BCUT2D eigenvalue weighted by Gasteiger charge is 2.29.